The van der Waals surface area contributed by atoms with Crippen molar-refractivity contribution in [2.75, 3.05) is 6.54 Å². The van der Waals surface area contributed by atoms with E-state index in [0.29, 0.717) is 5.92 Å². The minimum atomic E-state index is 0.362. The summed E-state index contributed by atoms with van der Waals surface area (Å²) < 4.78 is 5.68. The van der Waals surface area contributed by atoms with Crippen molar-refractivity contribution in [2.45, 2.75) is 5.92 Å². The Balaban J connectivity index is 2.14. The molecule has 0 aliphatic carbocycles. The van der Waals surface area contributed by atoms with Crippen LogP contribution in [0.15, 0.2) is 41.1 Å². The van der Waals surface area contributed by atoms with Crippen LogP contribution in [0.5, 0.6) is 5.75 Å². The number of fused-ring (bicyclic) bond motifs is 3. The summed E-state index contributed by atoms with van der Waals surface area (Å²) in [5.74, 6) is 2.39. The predicted octanol–water partition coefficient (Wildman–Crippen LogP) is 2.13. The Morgan fingerprint density at radius 3 is 3.23 bits per heavy atom. The molecule has 1 unspecified atom stereocenters. The zero-order valence-corrected chi connectivity index (χ0v) is 7.10. The van der Waals surface area contributed by atoms with E-state index in [2.05, 4.69) is 11.1 Å². The Labute approximate surface area is 76.6 Å². The van der Waals surface area contributed by atoms with Gasteiger partial charge >= 0.3 is 0 Å². The highest BCUT2D eigenvalue weighted by molar-refractivity contribution is 5.74. The lowest BCUT2D eigenvalue weighted by molar-refractivity contribution is 0.427. The minimum absolute atomic E-state index is 0.362. The second-order valence-corrected chi connectivity index (χ2v) is 3.28. The molecule has 1 atom stereocenters. The van der Waals surface area contributed by atoms with Crippen LogP contribution in [0.4, 0.5) is 0 Å². The van der Waals surface area contributed by atoms with Gasteiger partial charge in [0.15, 0.2) is 0 Å². The highest BCUT2D eigenvalue weighted by Crippen LogP contribution is 2.41. The summed E-state index contributed by atoms with van der Waals surface area (Å²) in [6, 6.07) is 8.16. The van der Waals surface area contributed by atoms with Crippen LogP contribution < -0.4 is 4.74 Å². The molecule has 1 aromatic rings. The zero-order valence-electron chi connectivity index (χ0n) is 7.10. The Morgan fingerprint density at radius 2 is 2.23 bits per heavy atom. The van der Waals surface area contributed by atoms with E-state index in [1.165, 1.54) is 5.56 Å². The number of allylic oxidation sites excluding steroid dienone is 1. The Bertz CT molecular complexity index is 406. The molecular weight excluding hydrogens is 162 g/mol. The van der Waals surface area contributed by atoms with Crippen molar-refractivity contribution < 1.29 is 4.74 Å². The summed E-state index contributed by atoms with van der Waals surface area (Å²) in [5, 5.41) is 0. The van der Waals surface area contributed by atoms with Crippen LogP contribution in [0.3, 0.4) is 0 Å². The van der Waals surface area contributed by atoms with Crippen LogP contribution in [-0.2, 0) is 0 Å². The van der Waals surface area contributed by atoms with E-state index < -0.39 is 0 Å². The van der Waals surface area contributed by atoms with Gasteiger partial charge in [0.1, 0.15) is 11.5 Å². The molecule has 0 bridgehead atoms. The summed E-state index contributed by atoms with van der Waals surface area (Å²) in [6.45, 7) is 0.822. The van der Waals surface area contributed by atoms with Crippen LogP contribution in [0.2, 0.25) is 0 Å². The Morgan fingerprint density at radius 1 is 1.31 bits per heavy atom. The van der Waals surface area contributed by atoms with E-state index in [1.54, 1.807) is 0 Å². The lowest BCUT2D eigenvalue weighted by Crippen LogP contribution is -2.06. The first-order valence-electron chi connectivity index (χ1n) is 4.42. The van der Waals surface area contributed by atoms with Crippen molar-refractivity contribution in [3.8, 4) is 5.75 Å². The monoisotopic (exact) mass is 171 g/mol. The minimum Gasteiger partial charge on any atom is -0.461 e. The average Bonchev–Trinajstić information content (AvgIpc) is 2.56. The maximum Gasteiger partial charge on any atom is 0.130 e. The molecular formula is C11H9NO. The normalized spacial score (nSPS) is 23.1. The van der Waals surface area contributed by atoms with Gasteiger partial charge in [-0.05, 0) is 12.1 Å². The van der Waals surface area contributed by atoms with E-state index in [1.807, 2.05) is 30.5 Å². The van der Waals surface area contributed by atoms with E-state index in [9.17, 15) is 0 Å². The number of dihydropyridines is 1. The van der Waals surface area contributed by atoms with Crippen molar-refractivity contribution >= 4 is 6.21 Å². The standard InChI is InChI=1S/C11H9NO/c1-2-4-10-8(3-1)9-7-12-6-5-11(9)13-10/h1-6,9H,7H2. The first-order chi connectivity index (χ1) is 6.45. The molecule has 0 saturated carbocycles. The molecule has 2 aliphatic rings. The number of hydrogen-bond donors (Lipinski definition) is 0. The van der Waals surface area contributed by atoms with Gasteiger partial charge in [0.25, 0.3) is 0 Å². The molecule has 0 amide bonds. The summed E-state index contributed by atoms with van der Waals surface area (Å²) in [6.07, 6.45) is 3.77. The summed E-state index contributed by atoms with van der Waals surface area (Å²) in [4.78, 5) is 4.24. The molecule has 0 saturated heterocycles. The van der Waals surface area contributed by atoms with Crippen LogP contribution in [-0.4, -0.2) is 12.8 Å². The number of hydrogen-bond acceptors (Lipinski definition) is 2. The molecule has 0 fully saturated rings. The SMILES string of the molecule is C1=NCC2C(=C1)Oc1ccccc12. The molecule has 2 nitrogen and oxygen atoms in total. The number of rotatable bonds is 0. The molecule has 0 N–H and O–H groups in total. The van der Waals surface area contributed by atoms with Crippen molar-refractivity contribution in [3.05, 3.63) is 41.7 Å². The van der Waals surface area contributed by atoms with Crippen molar-refractivity contribution in [1.82, 2.24) is 0 Å². The Hall–Kier alpha value is -1.57. The lowest BCUT2D eigenvalue weighted by atomic mass is 9.98. The second kappa shape index (κ2) is 2.46. The number of benzene rings is 1. The maximum atomic E-state index is 5.68. The molecule has 3 rings (SSSR count). The van der Waals surface area contributed by atoms with Gasteiger partial charge in [-0.3, -0.25) is 4.99 Å². The van der Waals surface area contributed by atoms with Gasteiger partial charge in [-0.25, -0.2) is 0 Å². The fourth-order valence-electron chi connectivity index (χ4n) is 1.84. The molecule has 2 heterocycles. The Kier molecular flexibility index (Phi) is 1.30. The third kappa shape index (κ3) is 0.917. The zero-order chi connectivity index (χ0) is 8.67. The molecule has 2 aliphatic heterocycles. The predicted molar refractivity (Wildman–Crippen MR) is 51.3 cm³/mol. The highest BCUT2D eigenvalue weighted by Gasteiger charge is 2.29. The maximum absolute atomic E-state index is 5.68. The summed E-state index contributed by atoms with van der Waals surface area (Å²) >= 11 is 0. The first-order valence-corrected chi connectivity index (χ1v) is 4.42. The van der Waals surface area contributed by atoms with Gasteiger partial charge in [0, 0.05) is 11.8 Å². The summed E-state index contributed by atoms with van der Waals surface area (Å²) in [5.41, 5.74) is 1.27. The van der Waals surface area contributed by atoms with E-state index in [0.717, 1.165) is 18.1 Å². The highest BCUT2D eigenvalue weighted by atomic mass is 16.5. The number of para-hydroxylation sites is 1. The van der Waals surface area contributed by atoms with Crippen molar-refractivity contribution in [2.24, 2.45) is 4.99 Å². The van der Waals surface area contributed by atoms with Crippen molar-refractivity contribution in [1.29, 1.82) is 0 Å². The van der Waals surface area contributed by atoms with Crippen LogP contribution in [0.1, 0.15) is 11.5 Å². The molecule has 0 radical (unpaired) electrons. The van der Waals surface area contributed by atoms with E-state index in [-0.39, 0.29) is 0 Å². The van der Waals surface area contributed by atoms with E-state index >= 15 is 0 Å². The third-order valence-corrected chi connectivity index (χ3v) is 2.50. The van der Waals surface area contributed by atoms with Crippen LogP contribution >= 0.6 is 0 Å². The smallest absolute Gasteiger partial charge is 0.130 e. The fraction of sp³-hybridized carbons (Fsp3) is 0.182. The molecule has 1 aromatic carbocycles. The van der Waals surface area contributed by atoms with Crippen LogP contribution in [0.25, 0.3) is 0 Å². The number of nitrogens with zero attached hydrogens (tertiary/aromatic N) is 1. The largest absolute Gasteiger partial charge is 0.461 e. The average molecular weight is 171 g/mol. The van der Waals surface area contributed by atoms with Gasteiger partial charge in [0.2, 0.25) is 0 Å². The molecule has 2 heteroatoms. The van der Waals surface area contributed by atoms with Gasteiger partial charge in [-0.15, -0.1) is 0 Å². The topological polar surface area (TPSA) is 21.6 Å². The fourth-order valence-corrected chi connectivity index (χ4v) is 1.84. The van der Waals surface area contributed by atoms with Gasteiger partial charge in [-0.2, -0.15) is 0 Å². The summed E-state index contributed by atoms with van der Waals surface area (Å²) in [7, 11) is 0. The van der Waals surface area contributed by atoms with Crippen LogP contribution in [0, 0.1) is 0 Å². The second-order valence-electron chi connectivity index (χ2n) is 3.28. The van der Waals surface area contributed by atoms with Gasteiger partial charge in [-0.1, -0.05) is 18.2 Å². The molecule has 64 valence electrons. The van der Waals surface area contributed by atoms with Gasteiger partial charge < -0.3 is 4.74 Å². The number of ether oxygens (including phenoxy) is 1. The molecule has 13 heavy (non-hydrogen) atoms. The lowest BCUT2D eigenvalue weighted by Gasteiger charge is -2.09. The molecule has 0 spiro atoms. The van der Waals surface area contributed by atoms with E-state index in [4.69, 9.17) is 4.74 Å². The van der Waals surface area contributed by atoms with Gasteiger partial charge in [0.05, 0.1) is 12.5 Å². The number of aliphatic imine (C=N–C) groups is 1. The first kappa shape index (κ1) is 6.89. The third-order valence-electron chi connectivity index (χ3n) is 2.50. The quantitative estimate of drug-likeness (QED) is 0.586. The van der Waals surface area contributed by atoms with Crippen molar-refractivity contribution in [3.63, 3.8) is 0 Å². The molecule has 0 aromatic heterocycles.